The molecule has 5 nitrogen and oxygen atoms in total. The second-order valence-electron chi connectivity index (χ2n) is 1.97. The van der Waals surface area contributed by atoms with Crippen molar-refractivity contribution in [3.8, 4) is 5.88 Å². The van der Waals surface area contributed by atoms with Gasteiger partial charge in [0.05, 0.1) is 24.8 Å². The Morgan fingerprint density at radius 2 is 2.20 bits per heavy atom. The first-order valence-electron chi connectivity index (χ1n) is 8.46. The summed E-state index contributed by atoms with van der Waals surface area (Å²) in [5.74, 6) is -0.395. The van der Waals surface area contributed by atoms with Crippen molar-refractivity contribution < 1.29 is 27.3 Å². The summed E-state index contributed by atoms with van der Waals surface area (Å²) in [5.41, 5.74) is 0. The molecule has 0 N–H and O–H groups in total. The first-order valence-corrected chi connectivity index (χ1v) is 6.02. The van der Waals surface area contributed by atoms with Crippen LogP contribution in [0.1, 0.15) is 27.4 Å². The fraction of sp³-hybridized carbons (Fsp3) is 0.500. The Morgan fingerprint density at radius 1 is 1.47 bits per heavy atom. The summed E-state index contributed by atoms with van der Waals surface area (Å²) in [4.78, 5) is 7.26. The van der Waals surface area contributed by atoms with Gasteiger partial charge >= 0.3 is 6.72 Å². The zero-order chi connectivity index (χ0) is 19.7. The van der Waals surface area contributed by atoms with Crippen LogP contribution in [0.15, 0.2) is 18.6 Å². The van der Waals surface area contributed by atoms with Gasteiger partial charge in [-0.1, -0.05) is 0 Å². The van der Waals surface area contributed by atoms with Gasteiger partial charge in [0.25, 0.3) is 0 Å². The predicted octanol–water partition coefficient (Wildman–Crippen LogP) is 2.15. The number of aromatic nitrogens is 2. The van der Waals surface area contributed by atoms with Gasteiger partial charge in [-0.25, -0.2) is 4.98 Å². The topological polar surface area (TPSA) is 53.5 Å². The van der Waals surface area contributed by atoms with Gasteiger partial charge in [0.2, 0.25) is 5.88 Å². The lowest BCUT2D eigenvalue weighted by Gasteiger charge is -2.19. The van der Waals surface area contributed by atoms with Crippen LogP contribution >= 0.6 is 6.72 Å². The Bertz CT molecular complexity index is 605. The molecule has 15 heavy (non-hydrogen) atoms. The van der Waals surface area contributed by atoms with Gasteiger partial charge in [0.15, 0.2) is 0 Å². The third-order valence-corrected chi connectivity index (χ3v) is 2.77. The fourth-order valence-corrected chi connectivity index (χ4v) is 1.73. The zero-order valence-corrected chi connectivity index (χ0v) is 8.92. The molecule has 0 aliphatic heterocycles. The molecule has 0 amide bonds. The number of hydrogen-bond donors (Lipinski definition) is 0. The molecule has 0 unspecified atom stereocenters. The molecule has 0 spiro atoms. The molecule has 0 radical (unpaired) electrons. The molecule has 0 saturated carbocycles. The minimum atomic E-state index is -4.62. The third kappa shape index (κ3) is 4.22. The van der Waals surface area contributed by atoms with Crippen LogP contribution in [0.3, 0.4) is 0 Å². The maximum absolute atomic E-state index is 7.45. The summed E-state index contributed by atoms with van der Waals surface area (Å²) >= 11 is 4.81. The fourth-order valence-electron chi connectivity index (χ4n) is 0.615. The predicted molar refractivity (Wildman–Crippen MR) is 60.2 cm³/mol. The lowest BCUT2D eigenvalue weighted by molar-refractivity contribution is 0.216. The van der Waals surface area contributed by atoms with Gasteiger partial charge in [-0.2, -0.15) is 0 Å². The maximum Gasteiger partial charge on any atom is 0.381 e. The van der Waals surface area contributed by atoms with Crippen LogP contribution < -0.4 is 4.52 Å². The van der Waals surface area contributed by atoms with Crippen LogP contribution in [-0.2, 0) is 20.9 Å². The quantitative estimate of drug-likeness (QED) is 0.729. The number of rotatable bonds is 6. The molecule has 1 heterocycles. The summed E-state index contributed by atoms with van der Waals surface area (Å²) < 4.78 is 86.7. The molecule has 1 rings (SSSR count). The van der Waals surface area contributed by atoms with Crippen molar-refractivity contribution in [3.05, 3.63) is 18.6 Å². The van der Waals surface area contributed by atoms with E-state index in [2.05, 4.69) is 19.0 Å². The minimum absolute atomic E-state index is 0.395. The van der Waals surface area contributed by atoms with E-state index in [0.29, 0.717) is 0 Å². The maximum atomic E-state index is 7.45. The van der Waals surface area contributed by atoms with E-state index in [9.17, 15) is 0 Å². The van der Waals surface area contributed by atoms with Crippen molar-refractivity contribution in [2.75, 3.05) is 13.1 Å². The Morgan fingerprint density at radius 3 is 2.73 bits per heavy atom. The second-order valence-corrected chi connectivity index (χ2v) is 4.75. The first-order chi connectivity index (χ1) is 11.0. The van der Waals surface area contributed by atoms with Crippen LogP contribution in [0.5, 0.6) is 5.88 Å². The standard InChI is InChI=1S/C8H13N2O3PS/c1-3-11-14(15,12-4-2)13-8-7-9-5-6-10-8/h5-7H,3-4H2,1-2H3/i1D3,2D3,3D2,4D2. The van der Waals surface area contributed by atoms with Gasteiger partial charge in [-0.3, -0.25) is 14.0 Å². The minimum Gasteiger partial charge on any atom is -0.404 e. The van der Waals surface area contributed by atoms with E-state index in [1.807, 2.05) is 0 Å². The Hall–Kier alpha value is -0.550. The molecule has 0 fully saturated rings. The average Bonchev–Trinajstić information content (AvgIpc) is 2.34. The number of hydrogen-bond acceptors (Lipinski definition) is 6. The van der Waals surface area contributed by atoms with E-state index in [0.717, 1.165) is 12.4 Å². The van der Waals surface area contributed by atoms with Crippen molar-refractivity contribution in [2.45, 2.75) is 13.7 Å². The van der Waals surface area contributed by atoms with Crippen molar-refractivity contribution in [1.82, 2.24) is 9.97 Å². The first kappa shape index (κ1) is 4.37. The van der Waals surface area contributed by atoms with E-state index in [1.165, 1.54) is 6.20 Å². The van der Waals surface area contributed by atoms with Crippen molar-refractivity contribution in [2.24, 2.45) is 0 Å². The van der Waals surface area contributed by atoms with Crippen LogP contribution in [-0.4, -0.2) is 23.1 Å². The molecule has 0 saturated heterocycles. The van der Waals surface area contributed by atoms with Crippen molar-refractivity contribution >= 4 is 18.5 Å². The lowest BCUT2D eigenvalue weighted by atomic mass is 10.7. The van der Waals surface area contributed by atoms with Gasteiger partial charge in [-0.05, 0) is 13.7 Å². The van der Waals surface area contributed by atoms with Gasteiger partial charge in [0, 0.05) is 32.4 Å². The highest BCUT2D eigenvalue weighted by atomic mass is 32.5. The van der Waals surface area contributed by atoms with E-state index < -0.39 is 39.4 Å². The third-order valence-electron chi connectivity index (χ3n) is 1.06. The Kier molecular flexibility index (Phi) is 1.79. The van der Waals surface area contributed by atoms with Crippen molar-refractivity contribution in [3.63, 3.8) is 0 Å². The molecular weight excluding hydrogens is 235 g/mol. The second kappa shape index (κ2) is 6.12. The molecule has 0 aromatic carbocycles. The molecule has 0 bridgehead atoms. The van der Waals surface area contributed by atoms with E-state index in [4.69, 9.17) is 30.0 Å². The van der Waals surface area contributed by atoms with Crippen LogP contribution in [0.2, 0.25) is 0 Å². The summed E-state index contributed by atoms with van der Waals surface area (Å²) in [6.45, 7) is -18.1. The zero-order valence-electron chi connectivity index (χ0n) is 17.2. The molecule has 1 aromatic rings. The molecular formula is C8H13N2O3PS. The Labute approximate surface area is 108 Å². The normalized spacial score (nSPS) is 24.8. The summed E-state index contributed by atoms with van der Waals surface area (Å²) in [5, 5.41) is 0. The molecule has 84 valence electrons. The van der Waals surface area contributed by atoms with E-state index in [-0.39, 0.29) is 0 Å². The van der Waals surface area contributed by atoms with Gasteiger partial charge < -0.3 is 4.52 Å². The van der Waals surface area contributed by atoms with Crippen LogP contribution in [0.4, 0.5) is 0 Å². The molecule has 1 aromatic heterocycles. The molecule has 0 atom stereocenters. The largest absolute Gasteiger partial charge is 0.404 e. The molecule has 7 heteroatoms. The SMILES string of the molecule is [2H]C([2H])([2H])C([2H])([2H])OP(=S)(Oc1cnccn1)OC([2H])([2H])C([2H])([2H])[2H]. The van der Waals surface area contributed by atoms with Crippen LogP contribution in [0.25, 0.3) is 0 Å². The smallest absolute Gasteiger partial charge is 0.381 e. The van der Waals surface area contributed by atoms with Gasteiger partial charge in [0.1, 0.15) is 0 Å². The summed E-state index contributed by atoms with van der Waals surface area (Å²) in [6.07, 6.45) is 3.39. The van der Waals surface area contributed by atoms with Crippen LogP contribution in [0, 0.1) is 0 Å². The highest BCUT2D eigenvalue weighted by molar-refractivity contribution is 8.07. The highest BCUT2D eigenvalue weighted by Crippen LogP contribution is 2.48. The Balaban J connectivity index is 3.25. The molecule has 0 aliphatic carbocycles. The highest BCUT2D eigenvalue weighted by Gasteiger charge is 2.21. The summed E-state index contributed by atoms with van der Waals surface area (Å²) in [7, 11) is 0. The van der Waals surface area contributed by atoms with Crippen molar-refractivity contribution in [1.29, 1.82) is 0 Å². The average molecular weight is 258 g/mol. The number of nitrogens with zero attached hydrogens (tertiary/aromatic N) is 2. The van der Waals surface area contributed by atoms with Gasteiger partial charge in [-0.15, -0.1) is 0 Å². The molecule has 0 aliphatic rings. The van der Waals surface area contributed by atoms with E-state index >= 15 is 0 Å². The summed E-state index contributed by atoms with van der Waals surface area (Å²) in [6, 6.07) is 0. The lowest BCUT2D eigenvalue weighted by Crippen LogP contribution is -2.03. The van der Waals surface area contributed by atoms with E-state index in [1.54, 1.807) is 0 Å². The monoisotopic (exact) mass is 258 g/mol.